The molecule has 0 aliphatic carbocycles. The van der Waals surface area contributed by atoms with Gasteiger partial charge in [0.1, 0.15) is 11.5 Å². The highest BCUT2D eigenvalue weighted by atomic mass is 16.5. The van der Waals surface area contributed by atoms with E-state index in [9.17, 15) is 19.8 Å². The van der Waals surface area contributed by atoms with Gasteiger partial charge in [0.2, 0.25) is 0 Å². The van der Waals surface area contributed by atoms with Gasteiger partial charge in [0.25, 0.3) is 0 Å². The minimum atomic E-state index is -0.302. The van der Waals surface area contributed by atoms with Crippen molar-refractivity contribution in [3.8, 4) is 11.5 Å². The molecule has 0 atom stereocenters. The fourth-order valence-electron chi connectivity index (χ4n) is 8.01. The number of nitrogens with zero attached hydrogens (tertiary/aromatic N) is 1. The van der Waals surface area contributed by atoms with Crippen LogP contribution >= 0.6 is 0 Å². The lowest BCUT2D eigenvalue weighted by Gasteiger charge is -2.55. The van der Waals surface area contributed by atoms with E-state index in [0.29, 0.717) is 30.9 Å². The second-order valence-corrected chi connectivity index (χ2v) is 20.5. The maximum Gasteiger partial charge on any atom is 0.165 e. The topological polar surface area (TPSA) is 96.3 Å². The summed E-state index contributed by atoms with van der Waals surface area (Å²) in [5.74, 6) is 0.536. The highest BCUT2D eigenvalue weighted by Crippen LogP contribution is 2.42. The first kappa shape index (κ1) is 43.7. The molecule has 0 amide bonds. The van der Waals surface area contributed by atoms with Gasteiger partial charge in [-0.15, -0.1) is 0 Å². The number of hydrogen-bond acceptors (Lipinski definition) is 7. The van der Waals surface area contributed by atoms with E-state index in [1.54, 1.807) is 12.1 Å². The van der Waals surface area contributed by atoms with Crippen LogP contribution in [0.2, 0.25) is 0 Å². The molecule has 292 valence electrons. The van der Waals surface area contributed by atoms with Gasteiger partial charge in [-0.1, -0.05) is 83.1 Å². The normalized spacial score (nSPS) is 17.4. The van der Waals surface area contributed by atoms with Gasteiger partial charge in [0.05, 0.1) is 25.9 Å². The summed E-state index contributed by atoms with van der Waals surface area (Å²) < 4.78 is 12.5. The van der Waals surface area contributed by atoms with Crippen molar-refractivity contribution in [3.63, 3.8) is 0 Å². The quantitative estimate of drug-likeness (QED) is 0.166. The Balaban J connectivity index is 1.60. The van der Waals surface area contributed by atoms with Crippen LogP contribution in [-0.4, -0.2) is 70.2 Å². The number of aromatic hydroxyl groups is 2. The molecule has 3 rings (SSSR count). The van der Waals surface area contributed by atoms with E-state index in [1.165, 1.54) is 0 Å². The zero-order valence-electron chi connectivity index (χ0n) is 35.5. The molecular weight excluding hydrogens is 650 g/mol. The molecule has 7 nitrogen and oxygen atoms in total. The fourth-order valence-corrected chi connectivity index (χ4v) is 8.01. The molecule has 1 heterocycles. The Bertz CT molecular complexity index is 1500. The largest absolute Gasteiger partial charge is 0.508 e. The molecule has 1 saturated heterocycles. The number of hydrogen-bond donors (Lipinski definition) is 2. The van der Waals surface area contributed by atoms with Crippen molar-refractivity contribution in [2.45, 2.75) is 175 Å². The molecule has 52 heavy (non-hydrogen) atoms. The molecule has 0 saturated carbocycles. The van der Waals surface area contributed by atoms with E-state index in [1.807, 2.05) is 12.1 Å². The zero-order chi connectivity index (χ0) is 39.8. The highest BCUT2D eigenvalue weighted by molar-refractivity contribution is 6.00. The summed E-state index contributed by atoms with van der Waals surface area (Å²) in [5.41, 5.74) is 3.12. The van der Waals surface area contributed by atoms with Gasteiger partial charge in [0.15, 0.2) is 11.6 Å². The van der Waals surface area contributed by atoms with Crippen molar-refractivity contribution in [3.05, 3.63) is 57.6 Å². The number of carbonyl (C=O) groups is 2. The van der Waals surface area contributed by atoms with E-state index in [0.717, 1.165) is 41.6 Å². The number of ether oxygens (including phenoxy) is 2. The van der Waals surface area contributed by atoms with Crippen molar-refractivity contribution in [2.24, 2.45) is 0 Å². The number of benzene rings is 2. The van der Waals surface area contributed by atoms with Crippen LogP contribution in [0, 0.1) is 0 Å². The number of phenols is 2. The van der Waals surface area contributed by atoms with Gasteiger partial charge in [-0.05, 0) is 97.6 Å². The molecular formula is C45H71NO6. The van der Waals surface area contributed by atoms with Crippen LogP contribution in [0.1, 0.15) is 179 Å². The number of carbonyl (C=O) groups excluding carboxylic acids is 2. The van der Waals surface area contributed by atoms with Crippen LogP contribution in [0.3, 0.4) is 0 Å². The minimum Gasteiger partial charge on any atom is -0.508 e. The third kappa shape index (κ3) is 10.7. The van der Waals surface area contributed by atoms with E-state index in [2.05, 4.69) is 116 Å². The zero-order valence-corrected chi connectivity index (χ0v) is 35.5. The number of Topliss-reactive ketones (excluding diaryl/α,β-unsaturated/α-hetero) is 2. The molecule has 0 aromatic heterocycles. The second-order valence-electron chi connectivity index (χ2n) is 20.5. The first-order valence-corrected chi connectivity index (χ1v) is 19.3. The standard InChI is InChI=1S/C45H71NO6/c1-40(2,3)32-25-30(47)26-33(41(4,5)6)38(32)37(49)18-21-52-31-27-44(13,14)46(45(15,16)28-31)19-22-51-20-17-36(48)29-23-34(42(7,8)9)39(50)35(24-29)43(10,11)12/h23-26,31,47,50H,17-22,27-28H2,1-16H3. The highest BCUT2D eigenvalue weighted by Gasteiger charge is 2.45. The summed E-state index contributed by atoms with van der Waals surface area (Å²) >= 11 is 0. The van der Waals surface area contributed by atoms with E-state index in [4.69, 9.17) is 9.47 Å². The first-order chi connectivity index (χ1) is 23.5. The third-order valence-corrected chi connectivity index (χ3v) is 10.6. The van der Waals surface area contributed by atoms with Crippen LogP contribution in [0.25, 0.3) is 0 Å². The molecule has 2 aromatic rings. The van der Waals surface area contributed by atoms with E-state index >= 15 is 0 Å². The fraction of sp³-hybridized carbons (Fsp3) is 0.689. The molecule has 1 aliphatic rings. The Morgan fingerprint density at radius 3 is 1.50 bits per heavy atom. The molecule has 0 bridgehead atoms. The van der Waals surface area contributed by atoms with E-state index in [-0.39, 0.29) is 74.7 Å². The number of rotatable bonds is 12. The molecule has 0 spiro atoms. The molecule has 2 N–H and O–H groups in total. The Morgan fingerprint density at radius 2 is 1.08 bits per heavy atom. The monoisotopic (exact) mass is 722 g/mol. The number of likely N-dealkylation sites (tertiary alicyclic amines) is 1. The maximum atomic E-state index is 13.8. The maximum absolute atomic E-state index is 13.8. The molecule has 7 heteroatoms. The van der Waals surface area contributed by atoms with Crippen molar-refractivity contribution in [2.75, 3.05) is 26.4 Å². The Labute approximate surface area is 315 Å². The average molecular weight is 722 g/mol. The molecule has 1 aliphatic heterocycles. The lowest BCUT2D eigenvalue weighted by Crippen LogP contribution is -2.62. The second kappa shape index (κ2) is 15.5. The van der Waals surface area contributed by atoms with Crippen molar-refractivity contribution < 1.29 is 29.3 Å². The lowest BCUT2D eigenvalue weighted by molar-refractivity contribution is -0.110. The smallest absolute Gasteiger partial charge is 0.165 e. The molecule has 1 fully saturated rings. The summed E-state index contributed by atoms with van der Waals surface area (Å²) in [4.78, 5) is 29.7. The van der Waals surface area contributed by atoms with Crippen molar-refractivity contribution in [1.82, 2.24) is 4.90 Å². The summed E-state index contributed by atoms with van der Waals surface area (Å²) in [5, 5.41) is 21.6. The van der Waals surface area contributed by atoms with Gasteiger partial charge in [-0.3, -0.25) is 14.5 Å². The average Bonchev–Trinajstić information content (AvgIpc) is 2.94. The van der Waals surface area contributed by atoms with Crippen LogP contribution in [0.4, 0.5) is 0 Å². The lowest BCUT2D eigenvalue weighted by atomic mass is 9.74. The number of ketones is 2. The van der Waals surface area contributed by atoms with Gasteiger partial charge in [0, 0.05) is 52.7 Å². The Morgan fingerprint density at radius 1 is 0.654 bits per heavy atom. The Hall–Kier alpha value is -2.74. The van der Waals surface area contributed by atoms with E-state index < -0.39 is 0 Å². The third-order valence-electron chi connectivity index (χ3n) is 10.6. The summed E-state index contributed by atoms with van der Waals surface area (Å²) in [6.07, 6.45) is 2.23. The van der Waals surface area contributed by atoms with Crippen LogP contribution < -0.4 is 0 Å². The summed E-state index contributed by atoms with van der Waals surface area (Å²) in [6, 6.07) is 7.18. The Kier molecular flexibility index (Phi) is 13.1. The van der Waals surface area contributed by atoms with Crippen molar-refractivity contribution in [1.29, 1.82) is 0 Å². The summed E-state index contributed by atoms with van der Waals surface area (Å²) in [6.45, 7) is 35.6. The molecule has 2 aromatic carbocycles. The molecule has 0 radical (unpaired) electrons. The van der Waals surface area contributed by atoms with Crippen molar-refractivity contribution >= 4 is 11.6 Å². The SMILES string of the molecule is CC(C)(C)c1cc(C(=O)CCOCCN2C(C)(C)CC(OCCC(=O)c3c(C(C)(C)C)cc(O)cc3C(C)(C)C)CC2(C)C)cc(C(C)(C)C)c1O. The molecule has 0 unspecified atom stereocenters. The predicted octanol–water partition coefficient (Wildman–Crippen LogP) is 10.2. The van der Waals surface area contributed by atoms with Gasteiger partial charge in [-0.2, -0.15) is 0 Å². The van der Waals surface area contributed by atoms with Gasteiger partial charge >= 0.3 is 0 Å². The first-order valence-electron chi connectivity index (χ1n) is 19.3. The predicted molar refractivity (Wildman–Crippen MR) is 214 cm³/mol. The summed E-state index contributed by atoms with van der Waals surface area (Å²) in [7, 11) is 0. The van der Waals surface area contributed by atoms with Crippen LogP contribution in [-0.2, 0) is 31.1 Å². The number of piperidine rings is 1. The number of phenolic OH excluding ortho intramolecular Hbond substituents is 2. The van der Waals surface area contributed by atoms with Gasteiger partial charge < -0.3 is 19.7 Å². The minimum absolute atomic E-state index is 0.0119. The van der Waals surface area contributed by atoms with Crippen LogP contribution in [0.5, 0.6) is 11.5 Å². The van der Waals surface area contributed by atoms with Gasteiger partial charge in [-0.25, -0.2) is 0 Å². The van der Waals surface area contributed by atoms with Crippen LogP contribution in [0.15, 0.2) is 24.3 Å².